The van der Waals surface area contributed by atoms with Gasteiger partial charge in [-0.05, 0) is 32.6 Å². The van der Waals surface area contributed by atoms with Crippen LogP contribution in [0.2, 0.25) is 0 Å². The fourth-order valence-electron chi connectivity index (χ4n) is 1.46. The van der Waals surface area contributed by atoms with E-state index in [0.29, 0.717) is 6.54 Å². The Hall–Kier alpha value is -1.00. The van der Waals surface area contributed by atoms with E-state index in [1.165, 1.54) is 0 Å². The van der Waals surface area contributed by atoms with E-state index in [1.54, 1.807) is 18.7 Å². The highest BCUT2D eigenvalue weighted by Gasteiger charge is 2.31. The highest BCUT2D eigenvalue weighted by atomic mass is 32.2. The summed E-state index contributed by atoms with van der Waals surface area (Å²) in [5, 5.41) is 2.93. The van der Waals surface area contributed by atoms with Gasteiger partial charge >= 0.3 is 0 Å². The molecule has 0 spiro atoms. The van der Waals surface area contributed by atoms with Crippen LogP contribution in [0.15, 0.2) is 30.3 Å². The zero-order valence-electron chi connectivity index (χ0n) is 11.5. The van der Waals surface area contributed by atoms with Crippen molar-refractivity contribution in [2.24, 2.45) is 5.73 Å². The number of benzene rings is 1. The fraction of sp³-hybridized carbons (Fsp3) is 0.500. The number of nitrogens with two attached hydrogens (primary N) is 1. The van der Waals surface area contributed by atoms with E-state index in [4.69, 9.17) is 5.73 Å². The van der Waals surface area contributed by atoms with Crippen molar-refractivity contribution in [3.05, 3.63) is 35.9 Å². The first-order chi connectivity index (χ1) is 8.29. The average Bonchev–Trinajstić information content (AvgIpc) is 2.37. The van der Waals surface area contributed by atoms with Gasteiger partial charge in [0.1, 0.15) is 5.54 Å². The monoisotopic (exact) mass is 266 g/mol. The lowest BCUT2D eigenvalue weighted by Crippen LogP contribution is -2.51. The molecule has 18 heavy (non-hydrogen) atoms. The summed E-state index contributed by atoms with van der Waals surface area (Å²) in [6.07, 6.45) is 2.03. The Bertz CT molecular complexity index is 402. The van der Waals surface area contributed by atoms with Gasteiger partial charge in [0.15, 0.2) is 0 Å². The topological polar surface area (TPSA) is 55.1 Å². The van der Waals surface area contributed by atoms with Crippen LogP contribution in [0, 0.1) is 0 Å². The molecule has 3 nitrogen and oxygen atoms in total. The molecule has 0 radical (unpaired) electrons. The zero-order valence-corrected chi connectivity index (χ0v) is 12.3. The van der Waals surface area contributed by atoms with E-state index in [0.717, 1.165) is 5.56 Å². The van der Waals surface area contributed by atoms with Gasteiger partial charge in [0, 0.05) is 11.3 Å². The van der Waals surface area contributed by atoms with E-state index < -0.39 is 5.54 Å². The van der Waals surface area contributed by atoms with Crippen LogP contribution in [0.3, 0.4) is 0 Å². The van der Waals surface area contributed by atoms with Gasteiger partial charge in [-0.1, -0.05) is 30.3 Å². The largest absolute Gasteiger partial charge is 0.353 e. The number of rotatable bonds is 5. The lowest BCUT2D eigenvalue weighted by molar-refractivity contribution is -0.126. The fourth-order valence-corrected chi connectivity index (χ4v) is 1.68. The second kappa shape index (κ2) is 5.76. The molecular formula is C14H22N2OS. The van der Waals surface area contributed by atoms with E-state index in [1.807, 2.05) is 36.6 Å². The van der Waals surface area contributed by atoms with Crippen molar-refractivity contribution in [1.29, 1.82) is 0 Å². The van der Waals surface area contributed by atoms with Crippen molar-refractivity contribution in [2.75, 3.05) is 12.8 Å². The summed E-state index contributed by atoms with van der Waals surface area (Å²) in [6, 6.07) is 9.44. The van der Waals surface area contributed by atoms with Crippen LogP contribution in [-0.4, -0.2) is 23.5 Å². The maximum Gasteiger partial charge on any atom is 0.244 e. The lowest BCUT2D eigenvalue weighted by atomic mass is 9.92. The molecule has 0 heterocycles. The number of nitrogens with one attached hydrogen (secondary N) is 1. The van der Waals surface area contributed by atoms with E-state index in [9.17, 15) is 4.79 Å². The Labute approximate surface area is 114 Å². The Kier molecular flexibility index (Phi) is 4.82. The van der Waals surface area contributed by atoms with Crippen molar-refractivity contribution >= 4 is 17.7 Å². The van der Waals surface area contributed by atoms with Crippen LogP contribution < -0.4 is 11.1 Å². The van der Waals surface area contributed by atoms with Crippen LogP contribution >= 0.6 is 11.8 Å². The summed E-state index contributed by atoms with van der Waals surface area (Å²) < 4.78 is 0.0163. The quantitative estimate of drug-likeness (QED) is 0.858. The van der Waals surface area contributed by atoms with Crippen molar-refractivity contribution < 1.29 is 4.79 Å². The molecule has 100 valence electrons. The number of hydrogen-bond acceptors (Lipinski definition) is 3. The van der Waals surface area contributed by atoms with Gasteiger partial charge < -0.3 is 11.1 Å². The molecule has 1 rings (SSSR count). The molecule has 4 heteroatoms. The normalized spacial score (nSPS) is 14.9. The van der Waals surface area contributed by atoms with Crippen LogP contribution in [0.25, 0.3) is 0 Å². The molecule has 1 amide bonds. The number of hydrogen-bond donors (Lipinski definition) is 2. The summed E-state index contributed by atoms with van der Waals surface area (Å²) in [6.45, 7) is 6.53. The number of thioether (sulfide) groups is 1. The van der Waals surface area contributed by atoms with Gasteiger partial charge in [-0.25, -0.2) is 0 Å². The van der Waals surface area contributed by atoms with Crippen LogP contribution in [0.4, 0.5) is 0 Å². The van der Waals surface area contributed by atoms with Crippen molar-refractivity contribution in [3.63, 3.8) is 0 Å². The van der Waals surface area contributed by atoms with Gasteiger partial charge in [0.05, 0.1) is 0 Å². The third kappa shape index (κ3) is 3.75. The van der Waals surface area contributed by atoms with Gasteiger partial charge in [0.2, 0.25) is 5.91 Å². The minimum atomic E-state index is -0.990. The predicted molar refractivity (Wildman–Crippen MR) is 78.6 cm³/mol. The first kappa shape index (κ1) is 15.1. The lowest BCUT2D eigenvalue weighted by Gasteiger charge is -2.28. The molecule has 1 aromatic rings. The molecule has 0 aliphatic carbocycles. The molecule has 1 atom stereocenters. The third-order valence-electron chi connectivity index (χ3n) is 3.07. The first-order valence-corrected chi connectivity index (χ1v) is 7.20. The summed E-state index contributed by atoms with van der Waals surface area (Å²) >= 11 is 1.72. The Balaban J connectivity index is 2.72. The van der Waals surface area contributed by atoms with Crippen molar-refractivity contribution in [1.82, 2.24) is 5.32 Å². The Morgan fingerprint density at radius 1 is 1.28 bits per heavy atom. The Morgan fingerprint density at radius 3 is 2.33 bits per heavy atom. The van der Waals surface area contributed by atoms with Gasteiger partial charge in [-0.15, -0.1) is 0 Å². The van der Waals surface area contributed by atoms with Crippen molar-refractivity contribution in [2.45, 2.75) is 31.1 Å². The van der Waals surface area contributed by atoms with Gasteiger partial charge in [-0.3, -0.25) is 4.79 Å². The standard InChI is InChI=1S/C14H22N2OS/c1-13(2,18-4)10-16-12(17)14(3,15)11-8-6-5-7-9-11/h5-9H,10,15H2,1-4H3,(H,16,17). The second-order valence-electron chi connectivity index (χ2n) is 5.21. The maximum absolute atomic E-state index is 12.2. The van der Waals surface area contributed by atoms with Gasteiger partial charge in [-0.2, -0.15) is 11.8 Å². The summed E-state index contributed by atoms with van der Waals surface area (Å²) in [5.41, 5.74) is 5.97. The minimum Gasteiger partial charge on any atom is -0.353 e. The third-order valence-corrected chi connectivity index (χ3v) is 4.32. The molecule has 0 aliphatic rings. The minimum absolute atomic E-state index is 0.0163. The molecule has 1 unspecified atom stereocenters. The van der Waals surface area contributed by atoms with Gasteiger partial charge in [0.25, 0.3) is 0 Å². The SMILES string of the molecule is CSC(C)(C)CNC(=O)C(C)(N)c1ccccc1. The van der Waals surface area contributed by atoms with E-state index in [-0.39, 0.29) is 10.7 Å². The molecule has 0 aliphatic heterocycles. The zero-order chi connectivity index (χ0) is 13.8. The van der Waals surface area contributed by atoms with Crippen LogP contribution in [-0.2, 0) is 10.3 Å². The van der Waals surface area contributed by atoms with E-state index in [2.05, 4.69) is 19.2 Å². The highest BCUT2D eigenvalue weighted by molar-refractivity contribution is 7.99. The first-order valence-electron chi connectivity index (χ1n) is 5.97. The Morgan fingerprint density at radius 2 is 1.83 bits per heavy atom. The molecule has 0 fully saturated rings. The van der Waals surface area contributed by atoms with Crippen LogP contribution in [0.5, 0.6) is 0 Å². The number of carbonyl (C=O) groups is 1. The van der Waals surface area contributed by atoms with Crippen LogP contribution in [0.1, 0.15) is 26.3 Å². The molecule has 0 bridgehead atoms. The highest BCUT2D eigenvalue weighted by Crippen LogP contribution is 2.21. The predicted octanol–water partition coefficient (Wildman–Crippen LogP) is 2.12. The summed E-state index contributed by atoms with van der Waals surface area (Å²) in [7, 11) is 0. The average molecular weight is 266 g/mol. The summed E-state index contributed by atoms with van der Waals surface area (Å²) in [5.74, 6) is -0.143. The van der Waals surface area contributed by atoms with E-state index >= 15 is 0 Å². The molecule has 3 N–H and O–H groups in total. The second-order valence-corrected chi connectivity index (χ2v) is 6.73. The number of amides is 1. The molecule has 0 aromatic heterocycles. The molecule has 0 saturated heterocycles. The number of carbonyl (C=O) groups excluding carboxylic acids is 1. The van der Waals surface area contributed by atoms with Crippen molar-refractivity contribution in [3.8, 4) is 0 Å². The maximum atomic E-state index is 12.2. The molecule has 1 aromatic carbocycles. The summed E-state index contributed by atoms with van der Waals surface area (Å²) in [4.78, 5) is 12.2. The smallest absolute Gasteiger partial charge is 0.244 e. The molecular weight excluding hydrogens is 244 g/mol. The molecule has 0 saturated carbocycles.